The van der Waals surface area contributed by atoms with Crippen LogP contribution in [0, 0.1) is 6.92 Å². The summed E-state index contributed by atoms with van der Waals surface area (Å²) in [6, 6.07) is 3.90. The molecule has 0 radical (unpaired) electrons. The van der Waals surface area contributed by atoms with E-state index in [9.17, 15) is 13.2 Å². The number of sulfonamides is 1. The van der Waals surface area contributed by atoms with E-state index in [1.54, 1.807) is 26.0 Å². The van der Waals surface area contributed by atoms with Crippen LogP contribution in [0.1, 0.15) is 19.4 Å². The number of hydrogen-bond donors (Lipinski definition) is 2. The second-order valence-electron chi connectivity index (χ2n) is 4.15. The lowest BCUT2D eigenvalue weighted by Gasteiger charge is -2.14. The molecule has 0 heterocycles. The normalized spacial score (nSPS) is 13.1. The van der Waals surface area contributed by atoms with E-state index in [0.717, 1.165) is 10.0 Å². The Morgan fingerprint density at radius 2 is 2.05 bits per heavy atom. The summed E-state index contributed by atoms with van der Waals surface area (Å²) in [5.41, 5.74) is 0.813. The molecule has 0 bridgehead atoms. The molecular formula is C12H17BrN2O3S. The molecule has 5 nitrogen and oxygen atoms in total. The van der Waals surface area contributed by atoms with E-state index < -0.39 is 16.1 Å². The number of hydrogen-bond acceptors (Lipinski definition) is 3. The van der Waals surface area contributed by atoms with E-state index in [0.29, 0.717) is 6.54 Å². The fourth-order valence-electron chi connectivity index (χ4n) is 1.47. The fourth-order valence-corrected chi connectivity index (χ4v) is 3.00. The van der Waals surface area contributed by atoms with Crippen LogP contribution in [-0.2, 0) is 14.8 Å². The van der Waals surface area contributed by atoms with Crippen molar-refractivity contribution < 1.29 is 13.2 Å². The third-order valence-electron chi connectivity index (χ3n) is 2.52. The van der Waals surface area contributed by atoms with Crippen LogP contribution < -0.4 is 10.0 Å². The zero-order valence-corrected chi connectivity index (χ0v) is 13.4. The molecule has 2 N–H and O–H groups in total. The summed E-state index contributed by atoms with van der Waals surface area (Å²) in [4.78, 5) is 11.7. The van der Waals surface area contributed by atoms with Crippen molar-refractivity contribution in [2.75, 3.05) is 6.54 Å². The van der Waals surface area contributed by atoms with Crippen molar-refractivity contribution in [1.29, 1.82) is 0 Å². The number of rotatable bonds is 5. The molecule has 1 aromatic carbocycles. The summed E-state index contributed by atoms with van der Waals surface area (Å²) < 4.78 is 27.4. The molecule has 1 amide bonds. The first-order chi connectivity index (χ1) is 8.77. The molecule has 0 fully saturated rings. The minimum absolute atomic E-state index is 0.143. The summed E-state index contributed by atoms with van der Waals surface area (Å²) in [7, 11) is -3.69. The van der Waals surface area contributed by atoms with E-state index in [1.165, 1.54) is 13.0 Å². The molecule has 7 heteroatoms. The lowest BCUT2D eigenvalue weighted by molar-refractivity contribution is -0.122. The van der Waals surface area contributed by atoms with Crippen molar-refractivity contribution in [3.63, 3.8) is 0 Å². The highest BCUT2D eigenvalue weighted by Gasteiger charge is 2.21. The van der Waals surface area contributed by atoms with Gasteiger partial charge in [0, 0.05) is 11.0 Å². The molecule has 1 rings (SSSR count). The van der Waals surface area contributed by atoms with Gasteiger partial charge in [0.2, 0.25) is 15.9 Å². The quantitative estimate of drug-likeness (QED) is 0.847. The molecular weight excluding hydrogens is 332 g/mol. The van der Waals surface area contributed by atoms with Crippen LogP contribution in [0.2, 0.25) is 0 Å². The average molecular weight is 349 g/mol. The molecule has 19 heavy (non-hydrogen) atoms. The Kier molecular flexibility index (Phi) is 5.51. The molecule has 0 saturated heterocycles. The van der Waals surface area contributed by atoms with Gasteiger partial charge >= 0.3 is 0 Å². The highest BCUT2D eigenvalue weighted by Crippen LogP contribution is 2.20. The lowest BCUT2D eigenvalue weighted by Crippen LogP contribution is -2.44. The van der Waals surface area contributed by atoms with E-state index in [4.69, 9.17) is 0 Å². The van der Waals surface area contributed by atoms with Crippen molar-refractivity contribution in [2.45, 2.75) is 31.7 Å². The molecule has 1 atom stereocenters. The summed E-state index contributed by atoms with van der Waals surface area (Å²) in [6.45, 7) is 5.55. The maximum atomic E-state index is 12.1. The van der Waals surface area contributed by atoms with Crippen molar-refractivity contribution >= 4 is 31.9 Å². The van der Waals surface area contributed by atoms with Crippen LogP contribution in [0.25, 0.3) is 0 Å². The number of nitrogens with one attached hydrogen (secondary N) is 2. The molecule has 106 valence electrons. The molecule has 0 aliphatic heterocycles. The Balaban J connectivity index is 2.92. The Morgan fingerprint density at radius 1 is 1.42 bits per heavy atom. The second kappa shape index (κ2) is 6.49. The van der Waals surface area contributed by atoms with E-state index in [1.807, 2.05) is 0 Å². The van der Waals surface area contributed by atoms with Crippen LogP contribution in [0.4, 0.5) is 0 Å². The number of likely N-dealkylation sites (N-methyl/N-ethyl adjacent to an activating group) is 1. The van der Waals surface area contributed by atoms with Gasteiger partial charge in [-0.25, -0.2) is 8.42 Å². The largest absolute Gasteiger partial charge is 0.355 e. The third-order valence-corrected chi connectivity index (χ3v) is 4.94. The van der Waals surface area contributed by atoms with Gasteiger partial charge in [-0.1, -0.05) is 15.9 Å². The standard InChI is InChI=1S/C12H17BrN2O3S/c1-4-14-12(16)9(3)15-19(17,18)10-5-6-11(13)8(2)7-10/h5-7,9,15H,4H2,1-3H3,(H,14,16). The maximum Gasteiger partial charge on any atom is 0.241 e. The smallest absolute Gasteiger partial charge is 0.241 e. The van der Waals surface area contributed by atoms with Gasteiger partial charge in [0.1, 0.15) is 0 Å². The van der Waals surface area contributed by atoms with Gasteiger partial charge in [-0.15, -0.1) is 0 Å². The highest BCUT2D eigenvalue weighted by molar-refractivity contribution is 9.10. The first-order valence-electron chi connectivity index (χ1n) is 5.84. The van der Waals surface area contributed by atoms with Gasteiger partial charge in [0.25, 0.3) is 0 Å². The van der Waals surface area contributed by atoms with Crippen LogP contribution >= 0.6 is 15.9 Å². The molecule has 0 aliphatic carbocycles. The summed E-state index contributed by atoms with van der Waals surface area (Å²) in [5, 5.41) is 2.57. The number of halogens is 1. The van der Waals surface area contributed by atoms with Crippen molar-refractivity contribution in [3.05, 3.63) is 28.2 Å². The highest BCUT2D eigenvalue weighted by atomic mass is 79.9. The lowest BCUT2D eigenvalue weighted by atomic mass is 10.2. The van der Waals surface area contributed by atoms with Gasteiger partial charge in [-0.3, -0.25) is 4.79 Å². The molecule has 1 aromatic rings. The average Bonchev–Trinajstić information content (AvgIpc) is 2.32. The Labute approximate surface area is 122 Å². The Hall–Kier alpha value is -0.920. The molecule has 1 unspecified atom stereocenters. The van der Waals surface area contributed by atoms with Crippen LogP contribution in [0.3, 0.4) is 0 Å². The minimum atomic E-state index is -3.69. The second-order valence-corrected chi connectivity index (χ2v) is 6.72. The van der Waals surface area contributed by atoms with Crippen molar-refractivity contribution in [2.24, 2.45) is 0 Å². The van der Waals surface area contributed by atoms with Crippen LogP contribution in [-0.4, -0.2) is 26.9 Å². The number of amides is 1. The Morgan fingerprint density at radius 3 is 2.58 bits per heavy atom. The first kappa shape index (κ1) is 16.1. The van der Waals surface area contributed by atoms with Gasteiger partial charge in [-0.05, 0) is 44.5 Å². The van der Waals surface area contributed by atoms with Gasteiger partial charge in [0.05, 0.1) is 10.9 Å². The summed E-state index contributed by atoms with van der Waals surface area (Å²) >= 11 is 3.31. The van der Waals surface area contributed by atoms with Gasteiger partial charge in [-0.2, -0.15) is 4.72 Å². The SMILES string of the molecule is CCNC(=O)C(C)NS(=O)(=O)c1ccc(Br)c(C)c1. The first-order valence-corrected chi connectivity index (χ1v) is 8.11. The topological polar surface area (TPSA) is 75.3 Å². The summed E-state index contributed by atoms with van der Waals surface area (Å²) in [5.74, 6) is -0.347. The monoisotopic (exact) mass is 348 g/mol. The minimum Gasteiger partial charge on any atom is -0.355 e. The van der Waals surface area contributed by atoms with E-state index >= 15 is 0 Å². The predicted octanol–water partition coefficient (Wildman–Crippen LogP) is 1.56. The third kappa shape index (κ3) is 4.29. The zero-order valence-electron chi connectivity index (χ0n) is 11.0. The number of benzene rings is 1. The van der Waals surface area contributed by atoms with E-state index in [-0.39, 0.29) is 10.8 Å². The Bertz CT molecular complexity index is 572. The number of aryl methyl sites for hydroxylation is 1. The van der Waals surface area contributed by atoms with Crippen LogP contribution in [0.5, 0.6) is 0 Å². The fraction of sp³-hybridized carbons (Fsp3) is 0.417. The molecule has 0 saturated carbocycles. The number of carbonyl (C=O) groups is 1. The predicted molar refractivity (Wildman–Crippen MR) is 77.3 cm³/mol. The summed E-state index contributed by atoms with van der Waals surface area (Å²) in [6.07, 6.45) is 0. The zero-order chi connectivity index (χ0) is 14.6. The van der Waals surface area contributed by atoms with E-state index in [2.05, 4.69) is 26.0 Å². The molecule has 0 aromatic heterocycles. The molecule has 0 spiro atoms. The maximum absolute atomic E-state index is 12.1. The van der Waals surface area contributed by atoms with Crippen molar-refractivity contribution in [3.8, 4) is 0 Å². The van der Waals surface area contributed by atoms with Crippen molar-refractivity contribution in [1.82, 2.24) is 10.0 Å². The number of carbonyl (C=O) groups excluding carboxylic acids is 1. The molecule has 0 aliphatic rings. The van der Waals surface area contributed by atoms with Gasteiger partial charge in [0.15, 0.2) is 0 Å². The van der Waals surface area contributed by atoms with Crippen LogP contribution in [0.15, 0.2) is 27.6 Å². The van der Waals surface area contributed by atoms with Gasteiger partial charge < -0.3 is 5.32 Å².